The zero-order valence-electron chi connectivity index (χ0n) is 11.2. The van der Waals surface area contributed by atoms with Gasteiger partial charge in [0.25, 0.3) is 5.91 Å². The molecule has 1 aromatic carbocycles. The summed E-state index contributed by atoms with van der Waals surface area (Å²) in [5.41, 5.74) is 8.83. The van der Waals surface area contributed by atoms with Crippen LogP contribution in [-0.2, 0) is 13.5 Å². The van der Waals surface area contributed by atoms with E-state index in [2.05, 4.69) is 10.4 Å². The SMILES string of the molecule is Cc1c(N)cccc1C(=O)NCCc1ccn(C)n1. The van der Waals surface area contributed by atoms with Crippen LogP contribution in [0.25, 0.3) is 0 Å². The van der Waals surface area contributed by atoms with Crippen LogP contribution in [0, 0.1) is 6.92 Å². The number of anilines is 1. The van der Waals surface area contributed by atoms with Crippen LogP contribution >= 0.6 is 0 Å². The van der Waals surface area contributed by atoms with E-state index in [1.807, 2.05) is 26.2 Å². The van der Waals surface area contributed by atoms with Crippen molar-refractivity contribution in [1.29, 1.82) is 0 Å². The van der Waals surface area contributed by atoms with Crippen molar-refractivity contribution in [2.75, 3.05) is 12.3 Å². The second kappa shape index (κ2) is 5.56. The Morgan fingerprint density at radius 3 is 2.89 bits per heavy atom. The molecule has 1 aromatic heterocycles. The van der Waals surface area contributed by atoms with E-state index in [1.54, 1.807) is 22.9 Å². The van der Waals surface area contributed by atoms with Gasteiger partial charge < -0.3 is 11.1 Å². The van der Waals surface area contributed by atoms with Crippen LogP contribution in [0.4, 0.5) is 5.69 Å². The van der Waals surface area contributed by atoms with E-state index in [0.717, 1.165) is 11.3 Å². The van der Waals surface area contributed by atoms with Crippen LogP contribution < -0.4 is 11.1 Å². The lowest BCUT2D eigenvalue weighted by atomic mass is 10.1. The number of nitrogens with zero attached hydrogens (tertiary/aromatic N) is 2. The molecule has 1 heterocycles. The third-order valence-electron chi connectivity index (χ3n) is 3.06. The van der Waals surface area contributed by atoms with Crippen molar-refractivity contribution in [2.24, 2.45) is 7.05 Å². The summed E-state index contributed by atoms with van der Waals surface area (Å²) in [5, 5.41) is 7.14. The highest BCUT2D eigenvalue weighted by molar-refractivity contribution is 5.96. The molecule has 2 aromatic rings. The Bertz CT molecular complexity index is 589. The van der Waals surface area contributed by atoms with Gasteiger partial charge in [0.1, 0.15) is 0 Å². The number of nitrogens with two attached hydrogens (primary N) is 1. The number of rotatable bonds is 4. The standard InChI is InChI=1S/C14H18N4O/c1-10-12(4-3-5-13(10)15)14(19)16-8-6-11-7-9-18(2)17-11/h3-5,7,9H,6,8,15H2,1-2H3,(H,16,19). The Morgan fingerprint density at radius 2 is 2.21 bits per heavy atom. The summed E-state index contributed by atoms with van der Waals surface area (Å²) in [6.07, 6.45) is 2.60. The molecule has 0 unspecified atom stereocenters. The van der Waals surface area contributed by atoms with Crippen molar-refractivity contribution >= 4 is 11.6 Å². The van der Waals surface area contributed by atoms with Gasteiger partial charge in [-0.3, -0.25) is 9.48 Å². The van der Waals surface area contributed by atoms with E-state index in [0.29, 0.717) is 24.2 Å². The second-order valence-electron chi connectivity index (χ2n) is 4.51. The van der Waals surface area contributed by atoms with Crippen LogP contribution in [0.3, 0.4) is 0 Å². The van der Waals surface area contributed by atoms with Gasteiger partial charge in [-0.2, -0.15) is 5.10 Å². The minimum atomic E-state index is -0.0965. The van der Waals surface area contributed by atoms with Crippen molar-refractivity contribution in [3.05, 3.63) is 47.3 Å². The maximum atomic E-state index is 12.0. The quantitative estimate of drug-likeness (QED) is 0.811. The topological polar surface area (TPSA) is 72.9 Å². The summed E-state index contributed by atoms with van der Waals surface area (Å²) < 4.78 is 1.75. The largest absolute Gasteiger partial charge is 0.398 e. The highest BCUT2D eigenvalue weighted by Crippen LogP contribution is 2.15. The van der Waals surface area contributed by atoms with Gasteiger partial charge in [-0.1, -0.05) is 6.07 Å². The number of aryl methyl sites for hydroxylation is 1. The lowest BCUT2D eigenvalue weighted by Crippen LogP contribution is -2.26. The molecule has 5 heteroatoms. The molecule has 0 aliphatic heterocycles. The van der Waals surface area contributed by atoms with E-state index in [4.69, 9.17) is 5.73 Å². The molecule has 0 fully saturated rings. The van der Waals surface area contributed by atoms with Gasteiger partial charge in [0.2, 0.25) is 0 Å². The number of hydrogen-bond donors (Lipinski definition) is 2. The minimum absolute atomic E-state index is 0.0965. The van der Waals surface area contributed by atoms with Crippen molar-refractivity contribution in [3.63, 3.8) is 0 Å². The number of nitrogen functional groups attached to an aromatic ring is 1. The molecule has 0 atom stereocenters. The third kappa shape index (κ3) is 3.13. The summed E-state index contributed by atoms with van der Waals surface area (Å²) in [6.45, 7) is 2.41. The number of amides is 1. The van der Waals surface area contributed by atoms with Gasteiger partial charge in [-0.05, 0) is 30.7 Å². The van der Waals surface area contributed by atoms with Crippen molar-refractivity contribution in [1.82, 2.24) is 15.1 Å². The summed E-state index contributed by atoms with van der Waals surface area (Å²) in [6, 6.07) is 7.30. The Labute approximate surface area is 112 Å². The average molecular weight is 258 g/mol. The molecule has 2 rings (SSSR count). The lowest BCUT2D eigenvalue weighted by Gasteiger charge is -2.08. The smallest absolute Gasteiger partial charge is 0.251 e. The number of carbonyl (C=O) groups excluding carboxylic acids is 1. The molecule has 5 nitrogen and oxygen atoms in total. The van der Waals surface area contributed by atoms with Crippen LogP contribution in [0.2, 0.25) is 0 Å². The number of hydrogen-bond acceptors (Lipinski definition) is 3. The molecular weight excluding hydrogens is 240 g/mol. The molecule has 0 saturated heterocycles. The third-order valence-corrected chi connectivity index (χ3v) is 3.06. The Kier molecular flexibility index (Phi) is 3.85. The van der Waals surface area contributed by atoms with Gasteiger partial charge in [-0.15, -0.1) is 0 Å². The number of nitrogens with one attached hydrogen (secondary N) is 1. The first-order valence-electron chi connectivity index (χ1n) is 6.19. The fourth-order valence-corrected chi connectivity index (χ4v) is 1.90. The molecule has 100 valence electrons. The summed E-state index contributed by atoms with van der Waals surface area (Å²) in [4.78, 5) is 12.0. The van der Waals surface area contributed by atoms with Crippen LogP contribution in [0.15, 0.2) is 30.5 Å². The fourth-order valence-electron chi connectivity index (χ4n) is 1.90. The van der Waals surface area contributed by atoms with E-state index in [9.17, 15) is 4.79 Å². The molecular formula is C14H18N4O. The minimum Gasteiger partial charge on any atom is -0.398 e. The van der Waals surface area contributed by atoms with Crippen molar-refractivity contribution in [3.8, 4) is 0 Å². The molecule has 0 spiro atoms. The molecule has 3 N–H and O–H groups in total. The maximum Gasteiger partial charge on any atom is 0.251 e. The van der Waals surface area contributed by atoms with Gasteiger partial charge in [0.15, 0.2) is 0 Å². The fraction of sp³-hybridized carbons (Fsp3) is 0.286. The first kappa shape index (κ1) is 13.1. The highest BCUT2D eigenvalue weighted by atomic mass is 16.1. The number of benzene rings is 1. The molecule has 0 radical (unpaired) electrons. The Morgan fingerprint density at radius 1 is 1.42 bits per heavy atom. The van der Waals surface area contributed by atoms with E-state index in [-0.39, 0.29) is 5.91 Å². The van der Waals surface area contributed by atoms with Crippen LogP contribution in [0.5, 0.6) is 0 Å². The second-order valence-corrected chi connectivity index (χ2v) is 4.51. The van der Waals surface area contributed by atoms with Crippen molar-refractivity contribution < 1.29 is 4.79 Å². The normalized spacial score (nSPS) is 10.4. The monoisotopic (exact) mass is 258 g/mol. The lowest BCUT2D eigenvalue weighted by molar-refractivity contribution is 0.0953. The molecule has 1 amide bonds. The molecule has 0 saturated carbocycles. The summed E-state index contributed by atoms with van der Waals surface area (Å²) in [7, 11) is 1.87. The zero-order chi connectivity index (χ0) is 13.8. The first-order valence-corrected chi connectivity index (χ1v) is 6.19. The highest BCUT2D eigenvalue weighted by Gasteiger charge is 2.09. The van der Waals surface area contributed by atoms with E-state index < -0.39 is 0 Å². The van der Waals surface area contributed by atoms with Gasteiger partial charge in [0, 0.05) is 37.5 Å². The Balaban J connectivity index is 1.93. The van der Waals surface area contributed by atoms with Gasteiger partial charge in [-0.25, -0.2) is 0 Å². The molecule has 19 heavy (non-hydrogen) atoms. The predicted molar refractivity (Wildman–Crippen MR) is 74.8 cm³/mol. The van der Waals surface area contributed by atoms with E-state index >= 15 is 0 Å². The number of carbonyl (C=O) groups is 1. The zero-order valence-corrected chi connectivity index (χ0v) is 11.2. The summed E-state index contributed by atoms with van der Waals surface area (Å²) in [5.74, 6) is -0.0965. The first-order chi connectivity index (χ1) is 9.08. The van der Waals surface area contributed by atoms with Gasteiger partial charge in [0.05, 0.1) is 5.69 Å². The van der Waals surface area contributed by atoms with E-state index in [1.165, 1.54) is 0 Å². The number of aromatic nitrogens is 2. The predicted octanol–water partition coefficient (Wildman–Crippen LogP) is 1.28. The molecule has 0 aliphatic carbocycles. The Hall–Kier alpha value is -2.30. The van der Waals surface area contributed by atoms with Crippen molar-refractivity contribution in [2.45, 2.75) is 13.3 Å². The van der Waals surface area contributed by atoms with Crippen LogP contribution in [0.1, 0.15) is 21.6 Å². The summed E-state index contributed by atoms with van der Waals surface area (Å²) >= 11 is 0. The molecule has 0 aliphatic rings. The molecule has 0 bridgehead atoms. The van der Waals surface area contributed by atoms with Crippen LogP contribution in [-0.4, -0.2) is 22.2 Å². The average Bonchev–Trinajstić information content (AvgIpc) is 2.78. The maximum absolute atomic E-state index is 12.0. The van der Waals surface area contributed by atoms with Gasteiger partial charge >= 0.3 is 0 Å².